The number of carbonyl (C=O) groups is 1. The van der Waals surface area contributed by atoms with Crippen LogP contribution in [0, 0.1) is 6.92 Å². The molecule has 0 spiro atoms. The van der Waals surface area contributed by atoms with Gasteiger partial charge in [0.1, 0.15) is 6.54 Å². The zero-order valence-electron chi connectivity index (χ0n) is 15.7. The molecule has 6 nitrogen and oxygen atoms in total. The van der Waals surface area contributed by atoms with Gasteiger partial charge in [0, 0.05) is 17.8 Å². The van der Waals surface area contributed by atoms with Gasteiger partial charge in [0.25, 0.3) is 5.56 Å². The summed E-state index contributed by atoms with van der Waals surface area (Å²) in [5.74, 6) is -0.232. The van der Waals surface area contributed by atoms with Crippen molar-refractivity contribution in [1.82, 2.24) is 20.1 Å². The lowest BCUT2D eigenvalue weighted by Crippen LogP contribution is -2.36. The van der Waals surface area contributed by atoms with Gasteiger partial charge in [0.15, 0.2) is 0 Å². The van der Waals surface area contributed by atoms with E-state index in [0.29, 0.717) is 5.39 Å². The molecule has 0 unspecified atom stereocenters. The Kier molecular flexibility index (Phi) is 5.96. The molecule has 6 heteroatoms. The van der Waals surface area contributed by atoms with E-state index >= 15 is 0 Å². The molecule has 1 atom stereocenters. The smallest absolute Gasteiger partial charge is 0.275 e. The van der Waals surface area contributed by atoms with Gasteiger partial charge in [0.2, 0.25) is 5.91 Å². The van der Waals surface area contributed by atoms with Crippen molar-refractivity contribution in [3.63, 3.8) is 0 Å². The van der Waals surface area contributed by atoms with Crippen molar-refractivity contribution in [3.05, 3.63) is 70.4 Å². The fraction of sp³-hybridized carbons (Fsp3) is 0.333. The third-order valence-corrected chi connectivity index (χ3v) is 4.61. The summed E-state index contributed by atoms with van der Waals surface area (Å²) in [6.07, 6.45) is 6.34. The SMILES string of the molecule is CCCC[C@@H](NC(=O)Cn1nc(C)c2ccccc2c1=O)c1cccnc1. The number of benzene rings is 1. The van der Waals surface area contributed by atoms with E-state index in [4.69, 9.17) is 0 Å². The van der Waals surface area contributed by atoms with E-state index in [2.05, 4.69) is 22.3 Å². The van der Waals surface area contributed by atoms with E-state index in [1.807, 2.05) is 37.3 Å². The van der Waals surface area contributed by atoms with E-state index in [0.717, 1.165) is 35.9 Å². The van der Waals surface area contributed by atoms with Crippen LogP contribution in [0.4, 0.5) is 0 Å². The maximum absolute atomic E-state index is 12.7. The van der Waals surface area contributed by atoms with Gasteiger partial charge < -0.3 is 5.32 Å². The molecule has 0 saturated heterocycles. The molecule has 0 aliphatic rings. The lowest BCUT2D eigenvalue weighted by Gasteiger charge is -2.19. The molecule has 0 radical (unpaired) electrons. The molecule has 0 fully saturated rings. The maximum Gasteiger partial charge on any atom is 0.275 e. The fourth-order valence-corrected chi connectivity index (χ4v) is 3.20. The molecule has 0 aliphatic carbocycles. The highest BCUT2D eigenvalue weighted by Gasteiger charge is 2.16. The van der Waals surface area contributed by atoms with Crippen molar-refractivity contribution in [3.8, 4) is 0 Å². The highest BCUT2D eigenvalue weighted by atomic mass is 16.2. The van der Waals surface area contributed by atoms with Crippen molar-refractivity contribution < 1.29 is 4.79 Å². The first-order valence-corrected chi connectivity index (χ1v) is 9.26. The van der Waals surface area contributed by atoms with Crippen molar-refractivity contribution >= 4 is 16.7 Å². The molecule has 27 heavy (non-hydrogen) atoms. The lowest BCUT2D eigenvalue weighted by atomic mass is 10.0. The Labute approximate surface area is 158 Å². The van der Waals surface area contributed by atoms with Gasteiger partial charge in [-0.1, -0.05) is 44.0 Å². The highest BCUT2D eigenvalue weighted by molar-refractivity contribution is 5.83. The summed E-state index contributed by atoms with van der Waals surface area (Å²) in [5.41, 5.74) is 1.44. The molecule has 3 rings (SSSR count). The molecule has 0 aliphatic heterocycles. The minimum Gasteiger partial charge on any atom is -0.348 e. The Morgan fingerprint density at radius 3 is 2.67 bits per heavy atom. The van der Waals surface area contributed by atoms with E-state index < -0.39 is 0 Å². The third-order valence-electron chi connectivity index (χ3n) is 4.61. The number of rotatable bonds is 7. The van der Waals surface area contributed by atoms with Crippen LogP contribution in [0.2, 0.25) is 0 Å². The third kappa shape index (κ3) is 4.39. The van der Waals surface area contributed by atoms with Crippen LogP contribution in [-0.4, -0.2) is 20.7 Å². The fourth-order valence-electron chi connectivity index (χ4n) is 3.20. The Morgan fingerprint density at radius 2 is 1.96 bits per heavy atom. The molecule has 0 bridgehead atoms. The second kappa shape index (κ2) is 8.58. The first-order valence-electron chi connectivity index (χ1n) is 9.26. The molecule has 1 aromatic carbocycles. The van der Waals surface area contributed by atoms with Gasteiger partial charge in [-0.3, -0.25) is 14.6 Å². The van der Waals surface area contributed by atoms with E-state index in [9.17, 15) is 9.59 Å². The summed E-state index contributed by atoms with van der Waals surface area (Å²) >= 11 is 0. The monoisotopic (exact) mass is 364 g/mol. The molecule has 2 heterocycles. The van der Waals surface area contributed by atoms with Gasteiger partial charge in [-0.15, -0.1) is 0 Å². The van der Waals surface area contributed by atoms with E-state index in [-0.39, 0.29) is 24.1 Å². The minimum atomic E-state index is -0.252. The number of nitrogens with zero attached hydrogens (tertiary/aromatic N) is 3. The normalized spacial score (nSPS) is 12.1. The summed E-state index contributed by atoms with van der Waals surface area (Å²) in [5, 5.41) is 8.74. The number of unbranched alkanes of at least 4 members (excludes halogenated alkanes) is 1. The molecule has 3 aromatic rings. The summed E-state index contributed by atoms with van der Waals surface area (Å²) in [6, 6.07) is 11.0. The number of nitrogens with one attached hydrogen (secondary N) is 1. The molecular formula is C21H24N4O2. The zero-order chi connectivity index (χ0) is 19.2. The lowest BCUT2D eigenvalue weighted by molar-refractivity contribution is -0.122. The van der Waals surface area contributed by atoms with Crippen molar-refractivity contribution in [1.29, 1.82) is 0 Å². The molecule has 1 N–H and O–H groups in total. The average molecular weight is 364 g/mol. The Bertz CT molecular complexity index is 982. The van der Waals surface area contributed by atoms with Gasteiger partial charge in [-0.25, -0.2) is 4.68 Å². The van der Waals surface area contributed by atoms with Crippen LogP contribution in [0.15, 0.2) is 53.6 Å². The van der Waals surface area contributed by atoms with Crippen LogP contribution in [-0.2, 0) is 11.3 Å². The van der Waals surface area contributed by atoms with Crippen molar-refractivity contribution in [2.24, 2.45) is 0 Å². The van der Waals surface area contributed by atoms with Gasteiger partial charge in [0.05, 0.1) is 17.1 Å². The Morgan fingerprint density at radius 1 is 1.19 bits per heavy atom. The molecule has 0 saturated carbocycles. The standard InChI is InChI=1S/C21H24N4O2/c1-3-4-11-19(16-8-7-12-22-13-16)23-20(26)14-25-21(27)18-10-6-5-9-17(18)15(2)24-25/h5-10,12-13,19H,3-4,11,14H2,1-2H3,(H,23,26)/t19-/m1/s1. The summed E-state index contributed by atoms with van der Waals surface area (Å²) in [4.78, 5) is 29.4. The summed E-state index contributed by atoms with van der Waals surface area (Å²) in [6.45, 7) is 3.85. The van der Waals surface area contributed by atoms with Gasteiger partial charge in [-0.05, 0) is 31.0 Å². The largest absolute Gasteiger partial charge is 0.348 e. The second-order valence-electron chi connectivity index (χ2n) is 6.64. The van der Waals surface area contributed by atoms with Crippen LogP contribution in [0.5, 0.6) is 0 Å². The maximum atomic E-state index is 12.7. The number of aromatic nitrogens is 3. The van der Waals surface area contributed by atoms with Crippen molar-refractivity contribution in [2.45, 2.75) is 45.7 Å². The minimum absolute atomic E-state index is 0.104. The molecule has 1 amide bonds. The quantitative estimate of drug-likeness (QED) is 0.699. The Hall–Kier alpha value is -3.02. The number of aryl methyl sites for hydroxylation is 1. The molecule has 140 valence electrons. The number of hydrogen-bond donors (Lipinski definition) is 1. The van der Waals surface area contributed by atoms with E-state index in [1.54, 1.807) is 18.5 Å². The van der Waals surface area contributed by atoms with Crippen LogP contribution >= 0.6 is 0 Å². The number of fused-ring (bicyclic) bond motifs is 1. The van der Waals surface area contributed by atoms with Crippen LogP contribution in [0.25, 0.3) is 10.8 Å². The number of pyridine rings is 1. The summed E-state index contributed by atoms with van der Waals surface area (Å²) < 4.78 is 1.24. The second-order valence-corrected chi connectivity index (χ2v) is 6.64. The first-order chi connectivity index (χ1) is 13.1. The van der Waals surface area contributed by atoms with E-state index in [1.165, 1.54) is 4.68 Å². The molecular weight excluding hydrogens is 340 g/mol. The predicted molar refractivity (Wildman–Crippen MR) is 105 cm³/mol. The van der Waals surface area contributed by atoms with Crippen LogP contribution < -0.4 is 10.9 Å². The summed E-state index contributed by atoms with van der Waals surface area (Å²) in [7, 11) is 0. The predicted octanol–water partition coefficient (Wildman–Crippen LogP) is 3.15. The zero-order valence-corrected chi connectivity index (χ0v) is 15.7. The average Bonchev–Trinajstić information content (AvgIpc) is 2.70. The number of amides is 1. The highest BCUT2D eigenvalue weighted by Crippen LogP contribution is 2.18. The first kappa shape index (κ1) is 18.8. The van der Waals surface area contributed by atoms with Crippen LogP contribution in [0.3, 0.4) is 0 Å². The molecule has 2 aromatic heterocycles. The number of hydrogen-bond acceptors (Lipinski definition) is 4. The van der Waals surface area contributed by atoms with Crippen LogP contribution in [0.1, 0.15) is 43.5 Å². The van der Waals surface area contributed by atoms with Crippen molar-refractivity contribution in [2.75, 3.05) is 0 Å². The number of carbonyl (C=O) groups excluding carboxylic acids is 1. The topological polar surface area (TPSA) is 76.9 Å². The Balaban J connectivity index is 1.81. The van der Waals surface area contributed by atoms with Gasteiger partial charge in [-0.2, -0.15) is 5.10 Å². The van der Waals surface area contributed by atoms with Gasteiger partial charge >= 0.3 is 0 Å².